The van der Waals surface area contributed by atoms with Gasteiger partial charge in [0.1, 0.15) is 10.6 Å². The van der Waals surface area contributed by atoms with E-state index in [1.807, 2.05) is 41.5 Å². The Morgan fingerprint density at radius 3 is 2.40 bits per heavy atom. The largest absolute Gasteiger partial charge is 0.494 e. The van der Waals surface area contributed by atoms with Gasteiger partial charge in [0.25, 0.3) is 0 Å². The quantitative estimate of drug-likeness (QED) is 0.402. The molecule has 0 aliphatic carbocycles. The Labute approximate surface area is 211 Å². The average Bonchev–Trinajstić information content (AvgIpc) is 3.28. The van der Waals surface area contributed by atoms with Crippen molar-refractivity contribution in [1.29, 1.82) is 0 Å². The van der Waals surface area contributed by atoms with Gasteiger partial charge in [-0.25, -0.2) is 13.4 Å². The minimum Gasteiger partial charge on any atom is -0.494 e. The number of alkyl halides is 3. The Hall–Kier alpha value is -2.34. The van der Waals surface area contributed by atoms with Crippen LogP contribution in [0.25, 0.3) is 0 Å². The lowest BCUT2D eigenvalue weighted by Crippen LogP contribution is -2.48. The molecule has 1 fully saturated rings. The summed E-state index contributed by atoms with van der Waals surface area (Å²) in [7, 11) is -4.18. The highest BCUT2D eigenvalue weighted by Crippen LogP contribution is 2.35. The molecule has 188 valence electrons. The number of halogens is 4. The average molecular weight is 546 g/mol. The first kappa shape index (κ1) is 25.7. The lowest BCUT2D eigenvalue weighted by Gasteiger charge is -2.34. The first-order valence-electron chi connectivity index (χ1n) is 10.9. The van der Waals surface area contributed by atoms with Gasteiger partial charge in [0.2, 0.25) is 10.0 Å². The summed E-state index contributed by atoms with van der Waals surface area (Å²) in [6, 6.07) is 10.2. The third kappa shape index (κ3) is 5.91. The monoisotopic (exact) mass is 545 g/mol. The number of sulfonamides is 1. The van der Waals surface area contributed by atoms with E-state index in [1.54, 1.807) is 0 Å². The van der Waals surface area contributed by atoms with E-state index in [0.717, 1.165) is 34.3 Å². The molecule has 35 heavy (non-hydrogen) atoms. The molecule has 0 radical (unpaired) electrons. The molecule has 2 heterocycles. The van der Waals surface area contributed by atoms with E-state index in [0.29, 0.717) is 32.2 Å². The summed E-state index contributed by atoms with van der Waals surface area (Å²) in [6.07, 6.45) is -4.01. The van der Waals surface area contributed by atoms with Crippen molar-refractivity contribution < 1.29 is 26.3 Å². The lowest BCUT2D eigenvalue weighted by molar-refractivity contribution is -0.137. The molecule has 2 aromatic carbocycles. The number of hydrogen-bond acceptors (Lipinski definition) is 6. The van der Waals surface area contributed by atoms with Gasteiger partial charge in [-0.15, -0.1) is 11.3 Å². The van der Waals surface area contributed by atoms with Gasteiger partial charge in [-0.05, 0) is 42.8 Å². The highest BCUT2D eigenvalue weighted by Gasteiger charge is 2.35. The van der Waals surface area contributed by atoms with Crippen molar-refractivity contribution >= 4 is 38.1 Å². The predicted octanol–water partition coefficient (Wildman–Crippen LogP) is 5.32. The molecule has 0 amide bonds. The van der Waals surface area contributed by atoms with Gasteiger partial charge < -0.3 is 9.64 Å². The lowest BCUT2D eigenvalue weighted by atomic mass is 10.1. The van der Waals surface area contributed by atoms with Gasteiger partial charge in [0, 0.05) is 38.0 Å². The molecule has 1 aromatic heterocycles. The van der Waals surface area contributed by atoms with E-state index in [1.165, 1.54) is 15.6 Å². The van der Waals surface area contributed by atoms with Crippen LogP contribution in [0, 0.1) is 0 Å². The van der Waals surface area contributed by atoms with Gasteiger partial charge in [0.15, 0.2) is 5.13 Å². The smallest absolute Gasteiger partial charge is 0.416 e. The zero-order valence-electron chi connectivity index (χ0n) is 18.8. The number of anilines is 1. The Morgan fingerprint density at radius 2 is 1.77 bits per heavy atom. The number of rotatable bonds is 7. The fraction of sp³-hybridized carbons (Fsp3) is 0.348. The van der Waals surface area contributed by atoms with Crippen molar-refractivity contribution in [3.63, 3.8) is 0 Å². The van der Waals surface area contributed by atoms with Crippen LogP contribution in [0.4, 0.5) is 18.3 Å². The topological polar surface area (TPSA) is 62.7 Å². The summed E-state index contributed by atoms with van der Waals surface area (Å²) < 4.78 is 72.0. The number of thiazole rings is 1. The molecule has 0 atom stereocenters. The number of ether oxygens (including phenoxy) is 1. The standard InChI is InChI=1S/C23H23ClF3N3O3S2/c1-2-33-19-6-3-16(4-7-19)13-18-15-34-22(28-18)29-9-11-30(12-10-29)35(31,32)21-14-17(23(25,26)27)5-8-20(21)24/h3-8,14-15H,2,9-13H2,1H3. The van der Waals surface area contributed by atoms with Crippen LogP contribution >= 0.6 is 22.9 Å². The van der Waals surface area contributed by atoms with Gasteiger partial charge in [-0.2, -0.15) is 17.5 Å². The van der Waals surface area contributed by atoms with Crippen molar-refractivity contribution in [2.45, 2.75) is 24.4 Å². The van der Waals surface area contributed by atoms with Crippen molar-refractivity contribution in [2.24, 2.45) is 0 Å². The zero-order valence-corrected chi connectivity index (χ0v) is 21.1. The molecule has 1 aliphatic heterocycles. The molecular weight excluding hydrogens is 523 g/mol. The highest BCUT2D eigenvalue weighted by atomic mass is 35.5. The minimum atomic E-state index is -4.67. The van der Waals surface area contributed by atoms with Crippen LogP contribution in [0.1, 0.15) is 23.7 Å². The van der Waals surface area contributed by atoms with Gasteiger partial charge in [-0.1, -0.05) is 23.7 Å². The van der Waals surface area contributed by atoms with Crippen LogP contribution in [0.15, 0.2) is 52.7 Å². The molecule has 1 saturated heterocycles. The molecule has 0 spiro atoms. The first-order valence-corrected chi connectivity index (χ1v) is 13.6. The second kappa shape index (κ2) is 10.3. The minimum absolute atomic E-state index is 0.114. The number of nitrogens with zero attached hydrogens (tertiary/aromatic N) is 3. The SMILES string of the molecule is CCOc1ccc(Cc2csc(N3CCN(S(=O)(=O)c4cc(C(F)(F)F)ccc4Cl)CC3)n2)cc1. The van der Waals surface area contributed by atoms with Crippen molar-refractivity contribution in [1.82, 2.24) is 9.29 Å². The fourth-order valence-electron chi connectivity index (χ4n) is 3.74. The van der Waals surface area contributed by atoms with Crippen LogP contribution in [-0.2, 0) is 22.6 Å². The van der Waals surface area contributed by atoms with Crippen LogP contribution in [0.3, 0.4) is 0 Å². The molecular formula is C23H23ClF3N3O3S2. The summed E-state index contributed by atoms with van der Waals surface area (Å²) in [5.74, 6) is 0.814. The maximum absolute atomic E-state index is 13.1. The normalized spacial score (nSPS) is 15.4. The third-order valence-corrected chi connectivity index (χ3v) is 8.88. The van der Waals surface area contributed by atoms with Crippen LogP contribution in [-0.4, -0.2) is 50.5 Å². The van der Waals surface area contributed by atoms with Gasteiger partial charge in [0.05, 0.1) is 22.9 Å². The van der Waals surface area contributed by atoms with E-state index in [-0.39, 0.29) is 18.1 Å². The molecule has 0 N–H and O–H groups in total. The molecule has 0 unspecified atom stereocenters. The molecule has 12 heteroatoms. The summed E-state index contributed by atoms with van der Waals surface area (Å²) in [5.41, 5.74) is 0.945. The number of piperazine rings is 1. The summed E-state index contributed by atoms with van der Waals surface area (Å²) >= 11 is 7.44. The van der Waals surface area contributed by atoms with Crippen LogP contribution < -0.4 is 9.64 Å². The van der Waals surface area contributed by atoms with Gasteiger partial charge >= 0.3 is 6.18 Å². The second-order valence-corrected chi connectivity index (χ2v) is 11.1. The fourth-order valence-corrected chi connectivity index (χ4v) is 6.54. The van der Waals surface area contributed by atoms with Gasteiger partial charge in [-0.3, -0.25) is 0 Å². The molecule has 3 aromatic rings. The molecule has 4 rings (SSSR count). The van der Waals surface area contributed by atoms with E-state index in [4.69, 9.17) is 16.3 Å². The first-order chi connectivity index (χ1) is 16.6. The molecule has 0 bridgehead atoms. The second-order valence-electron chi connectivity index (χ2n) is 7.91. The maximum atomic E-state index is 13.1. The van der Waals surface area contributed by atoms with Crippen LogP contribution in [0.2, 0.25) is 5.02 Å². The maximum Gasteiger partial charge on any atom is 0.416 e. The zero-order chi connectivity index (χ0) is 25.2. The predicted molar refractivity (Wildman–Crippen MR) is 130 cm³/mol. The Bertz CT molecular complexity index is 1270. The van der Waals surface area contributed by atoms with Crippen molar-refractivity contribution in [3.05, 3.63) is 69.7 Å². The van der Waals surface area contributed by atoms with Crippen molar-refractivity contribution in [2.75, 3.05) is 37.7 Å². The summed E-state index contributed by atoms with van der Waals surface area (Å²) in [5, 5.41) is 2.51. The third-order valence-electron chi connectivity index (χ3n) is 5.54. The Balaban J connectivity index is 1.41. The highest BCUT2D eigenvalue weighted by molar-refractivity contribution is 7.89. The van der Waals surface area contributed by atoms with E-state index in [9.17, 15) is 21.6 Å². The molecule has 0 saturated carbocycles. The van der Waals surface area contributed by atoms with Crippen molar-refractivity contribution in [3.8, 4) is 5.75 Å². The van der Waals surface area contributed by atoms with E-state index < -0.39 is 26.7 Å². The number of aromatic nitrogens is 1. The molecule has 1 aliphatic rings. The van der Waals surface area contributed by atoms with Crippen LogP contribution in [0.5, 0.6) is 5.75 Å². The summed E-state index contributed by atoms with van der Waals surface area (Å²) in [4.78, 5) is 6.13. The van der Waals surface area contributed by atoms with E-state index >= 15 is 0 Å². The molecule has 6 nitrogen and oxygen atoms in total. The number of benzene rings is 2. The summed E-state index contributed by atoms with van der Waals surface area (Å²) in [6.45, 7) is 3.50. The number of hydrogen-bond donors (Lipinski definition) is 0. The Morgan fingerprint density at radius 1 is 1.09 bits per heavy atom. The Kier molecular flexibility index (Phi) is 7.60. The van der Waals surface area contributed by atoms with E-state index in [2.05, 4.69) is 4.98 Å².